The van der Waals surface area contributed by atoms with Gasteiger partial charge in [-0.3, -0.25) is 4.90 Å². The average Bonchev–Trinajstić information content (AvgIpc) is 2.42. The van der Waals surface area contributed by atoms with Crippen LogP contribution >= 0.6 is 0 Å². The Kier molecular flexibility index (Phi) is 6.90. The number of hydrogen-bond acceptors (Lipinski definition) is 2. The van der Waals surface area contributed by atoms with E-state index in [1.54, 1.807) is 6.08 Å². The zero-order valence-corrected chi connectivity index (χ0v) is 11.8. The van der Waals surface area contributed by atoms with Crippen LogP contribution in [0, 0.1) is 0 Å². The minimum atomic E-state index is -0.916. The van der Waals surface area contributed by atoms with Crippen molar-refractivity contribution >= 4 is 12.0 Å². The molecular weight excluding hydrogens is 238 g/mol. The van der Waals surface area contributed by atoms with Crippen molar-refractivity contribution in [3.63, 3.8) is 0 Å². The Morgan fingerprint density at radius 3 is 2.47 bits per heavy atom. The van der Waals surface area contributed by atoms with Crippen LogP contribution in [0.15, 0.2) is 30.3 Å². The molecule has 0 amide bonds. The Bertz CT molecular complexity index is 409. The van der Waals surface area contributed by atoms with Gasteiger partial charge in [-0.05, 0) is 36.7 Å². The second-order valence-electron chi connectivity index (χ2n) is 4.64. The van der Waals surface area contributed by atoms with Crippen molar-refractivity contribution in [2.45, 2.75) is 33.2 Å². The molecule has 1 aromatic rings. The molecule has 0 aliphatic heterocycles. The van der Waals surface area contributed by atoms with Crippen LogP contribution in [0.3, 0.4) is 0 Å². The Balaban J connectivity index is 2.57. The van der Waals surface area contributed by atoms with E-state index >= 15 is 0 Å². The van der Waals surface area contributed by atoms with Crippen LogP contribution in [0.4, 0.5) is 0 Å². The third-order valence-corrected chi connectivity index (χ3v) is 3.08. The lowest BCUT2D eigenvalue weighted by Gasteiger charge is -2.20. The van der Waals surface area contributed by atoms with Crippen LogP contribution in [0.2, 0.25) is 0 Å². The van der Waals surface area contributed by atoms with E-state index in [4.69, 9.17) is 5.11 Å². The number of benzene rings is 1. The molecule has 1 aromatic carbocycles. The molecule has 0 spiro atoms. The molecule has 3 nitrogen and oxygen atoms in total. The second kappa shape index (κ2) is 8.48. The summed E-state index contributed by atoms with van der Waals surface area (Å²) in [5, 5.41) is 8.57. The van der Waals surface area contributed by atoms with Gasteiger partial charge in [-0.25, -0.2) is 4.79 Å². The quantitative estimate of drug-likeness (QED) is 0.729. The van der Waals surface area contributed by atoms with Gasteiger partial charge in [-0.15, -0.1) is 0 Å². The molecule has 1 rings (SSSR count). The Hall–Kier alpha value is -1.61. The molecular formula is C16H23NO2. The van der Waals surface area contributed by atoms with Gasteiger partial charge >= 0.3 is 5.97 Å². The fraction of sp³-hybridized carbons (Fsp3) is 0.438. The number of rotatable bonds is 8. The van der Waals surface area contributed by atoms with Gasteiger partial charge in [0.2, 0.25) is 0 Å². The molecule has 0 saturated carbocycles. The highest BCUT2D eigenvalue weighted by atomic mass is 16.4. The SMILES string of the molecule is CCCCN(CC)Cc1ccc(C=CC(=O)O)cc1. The van der Waals surface area contributed by atoms with E-state index in [9.17, 15) is 4.79 Å². The van der Waals surface area contributed by atoms with E-state index in [0.29, 0.717) is 0 Å². The minimum absolute atomic E-state index is 0.916. The lowest BCUT2D eigenvalue weighted by Crippen LogP contribution is -2.23. The topological polar surface area (TPSA) is 40.5 Å². The van der Waals surface area contributed by atoms with E-state index in [2.05, 4.69) is 30.9 Å². The summed E-state index contributed by atoms with van der Waals surface area (Å²) in [4.78, 5) is 12.9. The number of carbonyl (C=O) groups is 1. The van der Waals surface area contributed by atoms with Crippen LogP contribution in [-0.4, -0.2) is 29.1 Å². The van der Waals surface area contributed by atoms with Gasteiger partial charge in [-0.1, -0.05) is 44.5 Å². The molecule has 0 radical (unpaired) electrons. The number of hydrogen-bond donors (Lipinski definition) is 1. The van der Waals surface area contributed by atoms with Crippen molar-refractivity contribution in [3.8, 4) is 0 Å². The highest BCUT2D eigenvalue weighted by molar-refractivity contribution is 5.85. The van der Waals surface area contributed by atoms with Gasteiger partial charge in [0.05, 0.1) is 0 Å². The third-order valence-electron chi connectivity index (χ3n) is 3.08. The molecule has 0 aliphatic rings. The predicted octanol–water partition coefficient (Wildman–Crippen LogP) is 3.41. The Labute approximate surface area is 115 Å². The zero-order chi connectivity index (χ0) is 14.1. The van der Waals surface area contributed by atoms with Gasteiger partial charge in [0, 0.05) is 12.6 Å². The molecule has 0 unspecified atom stereocenters. The fourth-order valence-electron chi connectivity index (χ4n) is 1.89. The van der Waals surface area contributed by atoms with Gasteiger partial charge in [0.1, 0.15) is 0 Å². The molecule has 0 bridgehead atoms. The van der Waals surface area contributed by atoms with Crippen molar-refractivity contribution in [3.05, 3.63) is 41.5 Å². The number of unbranched alkanes of at least 4 members (excludes halogenated alkanes) is 1. The standard InChI is InChI=1S/C16H23NO2/c1-3-5-12-17(4-2)13-15-8-6-14(7-9-15)10-11-16(18)19/h6-11H,3-5,12-13H2,1-2H3,(H,18,19). The van der Waals surface area contributed by atoms with Crippen LogP contribution in [0.1, 0.15) is 37.8 Å². The fourth-order valence-corrected chi connectivity index (χ4v) is 1.89. The largest absolute Gasteiger partial charge is 0.478 e. The molecule has 104 valence electrons. The molecule has 19 heavy (non-hydrogen) atoms. The monoisotopic (exact) mass is 261 g/mol. The third kappa shape index (κ3) is 6.20. The van der Waals surface area contributed by atoms with Crippen LogP contribution < -0.4 is 0 Å². The highest BCUT2D eigenvalue weighted by Gasteiger charge is 2.02. The first-order chi connectivity index (χ1) is 9.15. The Morgan fingerprint density at radius 2 is 1.95 bits per heavy atom. The first-order valence-corrected chi connectivity index (χ1v) is 6.88. The summed E-state index contributed by atoms with van der Waals surface area (Å²) >= 11 is 0. The average molecular weight is 261 g/mol. The van der Waals surface area contributed by atoms with Crippen molar-refractivity contribution < 1.29 is 9.90 Å². The molecule has 0 saturated heterocycles. The molecule has 0 aromatic heterocycles. The summed E-state index contributed by atoms with van der Waals surface area (Å²) < 4.78 is 0. The van der Waals surface area contributed by atoms with E-state index in [1.807, 2.05) is 12.1 Å². The lowest BCUT2D eigenvalue weighted by atomic mass is 10.1. The molecule has 0 atom stereocenters. The van der Waals surface area contributed by atoms with Crippen molar-refractivity contribution in [1.82, 2.24) is 4.90 Å². The first-order valence-electron chi connectivity index (χ1n) is 6.88. The number of aliphatic carboxylic acids is 1. The van der Waals surface area contributed by atoms with Crippen LogP contribution in [0.25, 0.3) is 6.08 Å². The number of carboxylic acid groups (broad SMARTS) is 1. The van der Waals surface area contributed by atoms with E-state index < -0.39 is 5.97 Å². The normalized spacial score (nSPS) is 11.3. The first kappa shape index (κ1) is 15.4. The second-order valence-corrected chi connectivity index (χ2v) is 4.64. The summed E-state index contributed by atoms with van der Waals surface area (Å²) in [7, 11) is 0. The van der Waals surface area contributed by atoms with E-state index in [-0.39, 0.29) is 0 Å². The molecule has 0 heterocycles. The Morgan fingerprint density at radius 1 is 1.26 bits per heavy atom. The summed E-state index contributed by atoms with van der Waals surface area (Å²) in [5.41, 5.74) is 2.19. The van der Waals surface area contributed by atoms with E-state index in [1.165, 1.54) is 18.4 Å². The maximum Gasteiger partial charge on any atom is 0.328 e. The zero-order valence-electron chi connectivity index (χ0n) is 11.8. The lowest BCUT2D eigenvalue weighted by molar-refractivity contribution is -0.131. The summed E-state index contributed by atoms with van der Waals surface area (Å²) in [5.74, 6) is -0.916. The van der Waals surface area contributed by atoms with E-state index in [0.717, 1.165) is 31.3 Å². The molecule has 0 aliphatic carbocycles. The number of carboxylic acids is 1. The minimum Gasteiger partial charge on any atom is -0.478 e. The summed E-state index contributed by atoms with van der Waals surface area (Å²) in [6.45, 7) is 7.53. The van der Waals surface area contributed by atoms with Gasteiger partial charge in [0.15, 0.2) is 0 Å². The van der Waals surface area contributed by atoms with Gasteiger partial charge in [-0.2, -0.15) is 0 Å². The summed E-state index contributed by atoms with van der Waals surface area (Å²) in [6, 6.07) is 8.05. The predicted molar refractivity (Wildman–Crippen MR) is 79.0 cm³/mol. The summed E-state index contributed by atoms with van der Waals surface area (Å²) in [6.07, 6.45) is 5.22. The smallest absolute Gasteiger partial charge is 0.328 e. The van der Waals surface area contributed by atoms with Crippen LogP contribution in [0.5, 0.6) is 0 Å². The molecule has 1 N–H and O–H groups in total. The van der Waals surface area contributed by atoms with Gasteiger partial charge < -0.3 is 5.11 Å². The van der Waals surface area contributed by atoms with Crippen molar-refractivity contribution in [1.29, 1.82) is 0 Å². The van der Waals surface area contributed by atoms with Crippen molar-refractivity contribution in [2.24, 2.45) is 0 Å². The number of nitrogens with zero attached hydrogens (tertiary/aromatic N) is 1. The molecule has 3 heteroatoms. The highest BCUT2D eigenvalue weighted by Crippen LogP contribution is 2.09. The maximum absolute atomic E-state index is 10.4. The van der Waals surface area contributed by atoms with Crippen LogP contribution in [-0.2, 0) is 11.3 Å². The maximum atomic E-state index is 10.4. The van der Waals surface area contributed by atoms with Crippen molar-refractivity contribution in [2.75, 3.05) is 13.1 Å². The molecule has 0 fully saturated rings. The van der Waals surface area contributed by atoms with Gasteiger partial charge in [0.25, 0.3) is 0 Å².